The number of aliphatic hydroxyl groups excluding tert-OH is 1. The average molecular weight is 1950 g/mol. The van der Waals surface area contributed by atoms with Crippen molar-refractivity contribution in [3.8, 4) is 34.5 Å². The van der Waals surface area contributed by atoms with Crippen molar-refractivity contribution < 1.29 is 91.4 Å². The first-order chi connectivity index (χ1) is 63.2. The summed E-state index contributed by atoms with van der Waals surface area (Å²) in [6.07, 6.45) is 15.0. The van der Waals surface area contributed by atoms with Crippen molar-refractivity contribution in [3.63, 3.8) is 0 Å². The number of ether oxygens (including phenoxy) is 7. The molecule has 132 heavy (non-hydrogen) atoms. The van der Waals surface area contributed by atoms with Crippen molar-refractivity contribution in [2.24, 2.45) is 0 Å². The maximum atomic E-state index is 14.4. The van der Waals surface area contributed by atoms with Crippen molar-refractivity contribution in [3.05, 3.63) is 466 Å². The molecule has 12 aromatic rings. The minimum absolute atomic E-state index is 0. The Balaban J connectivity index is 0.000000254. The second kappa shape index (κ2) is 59.7. The van der Waals surface area contributed by atoms with Gasteiger partial charge in [-0.15, -0.1) is 24.8 Å². The summed E-state index contributed by atoms with van der Waals surface area (Å²) in [4.78, 5) is 65.3. The quantitative estimate of drug-likeness (QED) is 0.00813. The number of amides is 2. The Morgan fingerprint density at radius 2 is 0.871 bits per heavy atom. The summed E-state index contributed by atoms with van der Waals surface area (Å²) in [7, 11) is 7.36. The molecule has 10 aromatic carbocycles. The number of aldehydes is 1. The molecule has 684 valence electrons. The Hall–Kier alpha value is -12.5. The van der Waals surface area contributed by atoms with Crippen LogP contribution < -0.4 is 66.7 Å². The van der Waals surface area contributed by atoms with Crippen molar-refractivity contribution in [2.75, 3.05) is 76.5 Å². The predicted octanol–water partition coefficient (Wildman–Crippen LogP) is 17.4. The van der Waals surface area contributed by atoms with E-state index in [0.717, 1.165) is 46.6 Å². The van der Waals surface area contributed by atoms with Crippen LogP contribution in [0.5, 0.6) is 34.5 Å². The van der Waals surface area contributed by atoms with Gasteiger partial charge in [-0.05, 0) is 83.1 Å². The molecule has 1 saturated heterocycles. The molecule has 20 nitrogen and oxygen atoms in total. The van der Waals surface area contributed by atoms with Gasteiger partial charge in [-0.3, -0.25) is 38.3 Å². The van der Waals surface area contributed by atoms with Crippen LogP contribution >= 0.6 is 33.0 Å². The molecular formula is C102H98BrCl3F4MgN6O14S. The number of nitrogens with zero attached hydrogens (tertiary/aromatic N) is 5. The summed E-state index contributed by atoms with van der Waals surface area (Å²) in [6, 6.07) is 78.7. The summed E-state index contributed by atoms with van der Waals surface area (Å²) < 4.78 is 104. The minimum atomic E-state index is -1.67. The Bertz CT molecular complexity index is 5640. The Labute approximate surface area is 808 Å². The molecule has 1 fully saturated rings. The largest absolute Gasteiger partial charge is 2.00 e. The number of aliphatic hydroxyl groups is 1. The fourth-order valence-electron chi connectivity index (χ4n) is 12.7. The number of benzene rings is 10. The maximum Gasteiger partial charge on any atom is 2.00 e. The van der Waals surface area contributed by atoms with Gasteiger partial charge in [-0.25, -0.2) is 21.8 Å². The molecule has 5 heterocycles. The van der Waals surface area contributed by atoms with Gasteiger partial charge in [0.1, 0.15) is 111 Å². The van der Waals surface area contributed by atoms with E-state index >= 15 is 0 Å². The summed E-state index contributed by atoms with van der Waals surface area (Å²) in [5.41, 5.74) is 9.24. The van der Waals surface area contributed by atoms with Crippen molar-refractivity contribution in [1.82, 2.24) is 19.2 Å². The third-order valence-electron chi connectivity index (χ3n) is 18.6. The smallest absolute Gasteiger partial charge is 1.00 e. The number of aromatic nitrogens is 2. The summed E-state index contributed by atoms with van der Waals surface area (Å²) in [5, 5.41) is 11.9. The first kappa shape index (κ1) is 108. The molecule has 2 amide bonds. The van der Waals surface area contributed by atoms with Crippen molar-refractivity contribution in [1.29, 1.82) is 0 Å². The molecular weight excluding hydrogens is 1850 g/mol. The monoisotopic (exact) mass is 1950 g/mol. The van der Waals surface area contributed by atoms with Gasteiger partial charge in [0.05, 0.1) is 10.9 Å². The van der Waals surface area contributed by atoms with Crippen LogP contribution in [0, 0.1) is 29.3 Å². The molecule has 30 heteroatoms. The number of hydrogen-bond donors (Lipinski definition) is 2. The second-order valence-electron chi connectivity index (χ2n) is 27.7. The molecule has 3 aliphatic rings. The molecule has 3 aliphatic heterocycles. The Morgan fingerprint density at radius 1 is 0.477 bits per heavy atom. The van der Waals surface area contributed by atoms with Crippen LogP contribution in [-0.2, 0) is 27.2 Å². The van der Waals surface area contributed by atoms with Crippen LogP contribution in [0.25, 0.3) is 0 Å². The molecule has 3 atom stereocenters. The predicted molar refractivity (Wildman–Crippen MR) is 510 cm³/mol. The first-order valence-electron chi connectivity index (χ1n) is 40.6. The van der Waals surface area contributed by atoms with Gasteiger partial charge in [-0.1, -0.05) is 220 Å². The molecule has 0 bridgehead atoms. The zero-order chi connectivity index (χ0) is 93.4. The van der Waals surface area contributed by atoms with Gasteiger partial charge >= 0.3 is 23.1 Å². The van der Waals surface area contributed by atoms with E-state index in [1.54, 1.807) is 63.2 Å². The van der Waals surface area contributed by atoms with E-state index in [1.807, 2.05) is 187 Å². The van der Waals surface area contributed by atoms with E-state index in [0.29, 0.717) is 60.0 Å². The number of fused-ring (bicyclic) bond motifs is 2. The normalized spacial score (nSPS) is 12.3. The Kier molecular flexibility index (Phi) is 48.9. The second-order valence-corrected chi connectivity index (χ2v) is 30.7. The van der Waals surface area contributed by atoms with E-state index in [4.69, 9.17) is 49.0 Å². The number of hydrogen-bond acceptors (Lipinski definition) is 16. The summed E-state index contributed by atoms with van der Waals surface area (Å²) in [5.74, 6) is -0.865. The molecule has 0 aliphatic carbocycles. The number of carbonyl (C=O) groups is 3. The van der Waals surface area contributed by atoms with Gasteiger partial charge in [0, 0.05) is 113 Å². The molecule has 0 spiro atoms. The molecule has 3 unspecified atom stereocenters. The van der Waals surface area contributed by atoms with Crippen molar-refractivity contribution in [2.45, 2.75) is 43.6 Å². The fraction of sp³-hybridized carbons (Fsp3) is 0.167. The van der Waals surface area contributed by atoms with Crippen LogP contribution in [0.15, 0.2) is 365 Å². The van der Waals surface area contributed by atoms with E-state index in [1.165, 1.54) is 103 Å². The number of nitrogens with one attached hydrogen (secondary N) is 1. The van der Waals surface area contributed by atoms with Gasteiger partial charge in [0.15, 0.2) is 29.2 Å². The number of carbonyl (C=O) groups excluding carboxylic acids is 3. The summed E-state index contributed by atoms with van der Waals surface area (Å²) >= 11 is 6.44. The number of alkyl halides is 1. The van der Waals surface area contributed by atoms with Gasteiger partial charge in [0.2, 0.25) is 20.1 Å². The zero-order valence-corrected chi connectivity index (χ0v) is 78.2. The van der Waals surface area contributed by atoms with Gasteiger partial charge < -0.3 is 70.5 Å². The van der Waals surface area contributed by atoms with E-state index < -0.39 is 44.3 Å². The SMILES string of the molecule is C1CCOC1.C=CCN1CNn2ccc(=O)c(OCc3ccccc3)c2C1=O.C=CCOc1cc(F)ccc1C(Cl)c1ccccc1.C=CCOc1cc(F)ccc1C(O)c1ccccc1.C=CCOc1cc(F)ccc1C(c1ccccc1)N1CN(CC=C)C(=O)c2c(OCc3ccccc3)c(=O)ccn21.C=CCOc1cc(F)ccc1C=O.O=S(Cl)Cl.[Br-].[Mg+2].[c-]1ccccc1. The topological polar surface area (TPSA) is 219 Å². The standard InChI is InChI=1S/C33H30FN3O4.C17H17N3O3.C16H14ClFO.C16H15FO2.C10H9FO2.C6H5.C4H8O.BrH.Cl2OS.Mg/c1-3-18-35-23-37(30(25-13-9-6-10-14-25)27-16-15-26(34)21-29(27)40-20-4-2)36-19-17-28(38)32(31(36)33(35)39)41-22-24-11-7-5-8-12-24;1-2-9-19-12-18-20-10-8-14(21)16(15(20)17(19)22)23-11-13-6-4-3-5-7-13;1-2-10-19-15-11-13(18)8-9-14(15)16(17)12-6-4-3-5-7-12;1-2-10-19-15-11-13(17)8-9-14(15)16(18)12-6-4-3-5-7-12;1-2-5-13-10-6-9(11)4-3-8(10)7-12;1-2-4-6-5-3-1;1-2-4-5-3-1;;1-4(2)3;/h3-17,19,21,30H,1-2,18,20,22-23H2;2-8,10,18H,1,9,11-12H2;2-9,11,16H,1,10H2;2-9,11,16,18H,1,10H2;2-4,6-7H,1,5H2;1-5H;1-4H2;1H;;/q;;;;;-1;;;;+2/p-1. The molecule has 2 N–H and O–H groups in total. The molecule has 15 rings (SSSR count). The van der Waals surface area contributed by atoms with E-state index in [-0.39, 0.29) is 143 Å². The van der Waals surface area contributed by atoms with Crippen LogP contribution in [-0.4, -0.2) is 136 Å². The number of pyridine rings is 2. The van der Waals surface area contributed by atoms with Crippen molar-refractivity contribution >= 4 is 83.3 Å². The van der Waals surface area contributed by atoms with Gasteiger partial charge in [-0.2, -0.15) is 36.4 Å². The number of halogens is 8. The number of rotatable bonds is 30. The summed E-state index contributed by atoms with van der Waals surface area (Å²) in [6.45, 7) is 26.2. The van der Waals surface area contributed by atoms with Crippen LogP contribution in [0.3, 0.4) is 0 Å². The van der Waals surface area contributed by atoms with E-state index in [9.17, 15) is 46.6 Å². The van der Waals surface area contributed by atoms with Crippen LogP contribution in [0.4, 0.5) is 17.6 Å². The van der Waals surface area contributed by atoms with E-state index in [2.05, 4.69) is 72.3 Å². The molecule has 0 saturated carbocycles. The van der Waals surface area contributed by atoms with Crippen LogP contribution in [0.2, 0.25) is 0 Å². The fourth-order valence-corrected chi connectivity index (χ4v) is 13.0. The molecule has 0 radical (unpaired) electrons. The Morgan fingerprint density at radius 3 is 1.32 bits per heavy atom. The average Bonchev–Trinajstić information content (AvgIpc) is 0.759. The van der Waals surface area contributed by atoms with Crippen LogP contribution in [0.1, 0.15) is 106 Å². The third kappa shape index (κ3) is 34.3. The van der Waals surface area contributed by atoms with Gasteiger partial charge in [0.25, 0.3) is 11.8 Å². The molecule has 2 aromatic heterocycles. The third-order valence-corrected chi connectivity index (χ3v) is 19.1. The zero-order valence-electron chi connectivity index (χ0n) is 72.1. The maximum absolute atomic E-state index is 14.4. The minimum Gasteiger partial charge on any atom is -1.00 e. The first-order valence-corrected chi connectivity index (χ1v) is 43.8.